The van der Waals surface area contributed by atoms with Crippen molar-refractivity contribution in [2.45, 2.75) is 6.54 Å². The molecule has 0 N–H and O–H groups in total. The number of methoxy groups -OCH3 is 1. The Kier molecular flexibility index (Phi) is 5.10. The summed E-state index contributed by atoms with van der Waals surface area (Å²) in [5, 5.41) is 0. The molecule has 4 heteroatoms. The number of rotatable bonds is 6. The van der Waals surface area contributed by atoms with Crippen LogP contribution in [-0.4, -0.2) is 30.8 Å². The average Bonchev–Trinajstić information content (AvgIpc) is 2.53. The molecular formula is C17H19N3O. The first-order valence-corrected chi connectivity index (χ1v) is 6.65. The third-order valence-corrected chi connectivity index (χ3v) is 3.05. The zero-order valence-electron chi connectivity index (χ0n) is 12.4. The molecule has 2 aromatic rings. The molecule has 1 heterocycles. The van der Waals surface area contributed by atoms with Crippen LogP contribution < -0.4 is 4.74 Å². The summed E-state index contributed by atoms with van der Waals surface area (Å²) in [5.74, 6) is 0.833. The number of hydrogen-bond donors (Lipinski definition) is 0. The zero-order chi connectivity index (χ0) is 15.1. The van der Waals surface area contributed by atoms with E-state index in [9.17, 15) is 0 Å². The second kappa shape index (κ2) is 7.24. The van der Waals surface area contributed by atoms with Crippen LogP contribution >= 0.6 is 0 Å². The SMILES string of the molecule is C=NC=CN(C)Cc1ccc(-c2cccc(OC)c2)nc1. The van der Waals surface area contributed by atoms with Crippen molar-refractivity contribution in [3.05, 3.63) is 60.6 Å². The maximum absolute atomic E-state index is 5.23. The van der Waals surface area contributed by atoms with Crippen LogP contribution in [0.1, 0.15) is 5.56 Å². The molecule has 0 saturated heterocycles. The van der Waals surface area contributed by atoms with Crippen molar-refractivity contribution in [2.24, 2.45) is 4.99 Å². The number of benzene rings is 1. The van der Waals surface area contributed by atoms with Gasteiger partial charge < -0.3 is 9.64 Å². The van der Waals surface area contributed by atoms with Crippen LogP contribution in [0, 0.1) is 0 Å². The lowest BCUT2D eigenvalue weighted by Gasteiger charge is -2.13. The van der Waals surface area contributed by atoms with Gasteiger partial charge in [0.15, 0.2) is 0 Å². The second-order valence-corrected chi connectivity index (χ2v) is 4.68. The summed E-state index contributed by atoms with van der Waals surface area (Å²) in [5.41, 5.74) is 3.12. The van der Waals surface area contributed by atoms with Crippen LogP contribution in [0.5, 0.6) is 5.75 Å². The summed E-state index contributed by atoms with van der Waals surface area (Å²) in [6.45, 7) is 4.19. The first-order valence-electron chi connectivity index (χ1n) is 6.65. The largest absolute Gasteiger partial charge is 0.497 e. The molecule has 0 bridgehead atoms. The Balaban J connectivity index is 2.11. The van der Waals surface area contributed by atoms with Crippen LogP contribution in [0.2, 0.25) is 0 Å². The average molecular weight is 281 g/mol. The first-order chi connectivity index (χ1) is 10.2. The molecule has 0 atom stereocenters. The van der Waals surface area contributed by atoms with Crippen molar-refractivity contribution < 1.29 is 4.74 Å². The Hall–Kier alpha value is -2.62. The van der Waals surface area contributed by atoms with Crippen LogP contribution in [0.25, 0.3) is 11.3 Å². The third-order valence-electron chi connectivity index (χ3n) is 3.05. The molecule has 0 spiro atoms. The zero-order valence-corrected chi connectivity index (χ0v) is 12.4. The number of nitrogens with zero attached hydrogens (tertiary/aromatic N) is 3. The molecule has 0 fully saturated rings. The van der Waals surface area contributed by atoms with E-state index in [1.54, 1.807) is 13.3 Å². The fourth-order valence-corrected chi connectivity index (χ4v) is 1.97. The minimum absolute atomic E-state index is 0.775. The fourth-order valence-electron chi connectivity index (χ4n) is 1.97. The highest BCUT2D eigenvalue weighted by atomic mass is 16.5. The molecular weight excluding hydrogens is 262 g/mol. The Morgan fingerprint density at radius 2 is 2.19 bits per heavy atom. The summed E-state index contributed by atoms with van der Waals surface area (Å²) < 4.78 is 5.23. The van der Waals surface area contributed by atoms with Gasteiger partial charge in [0.1, 0.15) is 5.75 Å². The van der Waals surface area contributed by atoms with Gasteiger partial charge in [0, 0.05) is 37.8 Å². The number of ether oxygens (including phenoxy) is 1. The monoisotopic (exact) mass is 281 g/mol. The Labute approximate surface area is 125 Å². The van der Waals surface area contributed by atoms with Gasteiger partial charge in [-0.05, 0) is 30.5 Å². The van der Waals surface area contributed by atoms with Crippen LogP contribution in [0.15, 0.2) is 60.0 Å². The molecule has 0 aliphatic carbocycles. The summed E-state index contributed by atoms with van der Waals surface area (Å²) in [6, 6.07) is 12.0. The van der Waals surface area contributed by atoms with Gasteiger partial charge in [-0.2, -0.15) is 0 Å². The van der Waals surface area contributed by atoms with Crippen molar-refractivity contribution in [1.82, 2.24) is 9.88 Å². The van der Waals surface area contributed by atoms with Gasteiger partial charge in [-0.3, -0.25) is 9.98 Å². The smallest absolute Gasteiger partial charge is 0.119 e. The predicted molar refractivity (Wildman–Crippen MR) is 86.4 cm³/mol. The normalized spacial score (nSPS) is 10.6. The van der Waals surface area contributed by atoms with E-state index in [0.717, 1.165) is 29.1 Å². The highest BCUT2D eigenvalue weighted by molar-refractivity contribution is 5.61. The standard InChI is InChI=1S/C17H19N3O/c1-18-9-10-20(2)13-14-7-8-17(19-12-14)15-5-4-6-16(11-15)21-3/h4-12H,1,13H2,2-3H3. The van der Waals surface area contributed by atoms with E-state index in [-0.39, 0.29) is 0 Å². The number of pyridine rings is 1. The molecule has 0 unspecified atom stereocenters. The Bertz CT molecular complexity index is 620. The molecule has 0 aliphatic rings. The predicted octanol–water partition coefficient (Wildman–Crippen LogP) is 3.36. The van der Waals surface area contributed by atoms with E-state index in [4.69, 9.17) is 4.74 Å². The molecule has 0 amide bonds. The molecule has 0 saturated carbocycles. The Morgan fingerprint density at radius 1 is 1.33 bits per heavy atom. The molecule has 0 aliphatic heterocycles. The van der Waals surface area contributed by atoms with Gasteiger partial charge in [-0.1, -0.05) is 18.2 Å². The van der Waals surface area contributed by atoms with E-state index in [1.807, 2.05) is 54.7 Å². The molecule has 2 rings (SSSR count). The summed E-state index contributed by atoms with van der Waals surface area (Å²) in [6.07, 6.45) is 5.43. The van der Waals surface area contributed by atoms with Gasteiger partial charge in [0.05, 0.1) is 12.8 Å². The molecule has 1 aromatic heterocycles. The maximum atomic E-state index is 5.23. The lowest BCUT2D eigenvalue weighted by Crippen LogP contribution is -2.09. The van der Waals surface area contributed by atoms with Gasteiger partial charge in [-0.25, -0.2) is 0 Å². The summed E-state index contributed by atoms with van der Waals surface area (Å²) in [7, 11) is 3.65. The minimum Gasteiger partial charge on any atom is -0.497 e. The fraction of sp³-hybridized carbons (Fsp3) is 0.176. The topological polar surface area (TPSA) is 37.7 Å². The van der Waals surface area contributed by atoms with E-state index >= 15 is 0 Å². The quantitative estimate of drug-likeness (QED) is 0.762. The second-order valence-electron chi connectivity index (χ2n) is 4.68. The van der Waals surface area contributed by atoms with Crippen molar-refractivity contribution in [1.29, 1.82) is 0 Å². The van der Waals surface area contributed by atoms with Crippen LogP contribution in [0.3, 0.4) is 0 Å². The van der Waals surface area contributed by atoms with E-state index in [2.05, 4.69) is 22.8 Å². The highest BCUT2D eigenvalue weighted by Gasteiger charge is 2.02. The molecule has 4 nitrogen and oxygen atoms in total. The maximum Gasteiger partial charge on any atom is 0.119 e. The highest BCUT2D eigenvalue weighted by Crippen LogP contribution is 2.22. The number of aliphatic imine (C=N–C) groups is 1. The summed E-state index contributed by atoms with van der Waals surface area (Å²) in [4.78, 5) is 10.2. The Morgan fingerprint density at radius 3 is 2.86 bits per heavy atom. The van der Waals surface area contributed by atoms with E-state index in [1.165, 1.54) is 0 Å². The van der Waals surface area contributed by atoms with Crippen LogP contribution in [-0.2, 0) is 6.54 Å². The molecule has 0 radical (unpaired) electrons. The van der Waals surface area contributed by atoms with Crippen LogP contribution in [0.4, 0.5) is 0 Å². The van der Waals surface area contributed by atoms with Gasteiger partial charge in [-0.15, -0.1) is 0 Å². The summed E-state index contributed by atoms with van der Waals surface area (Å²) >= 11 is 0. The lowest BCUT2D eigenvalue weighted by molar-refractivity contribution is 0.415. The van der Waals surface area contributed by atoms with Crippen molar-refractivity contribution in [3.8, 4) is 17.0 Å². The van der Waals surface area contributed by atoms with Gasteiger partial charge in [0.25, 0.3) is 0 Å². The minimum atomic E-state index is 0.775. The van der Waals surface area contributed by atoms with Gasteiger partial charge in [0.2, 0.25) is 0 Å². The lowest BCUT2D eigenvalue weighted by atomic mass is 10.1. The molecule has 21 heavy (non-hydrogen) atoms. The first kappa shape index (κ1) is 14.8. The molecule has 108 valence electrons. The number of aromatic nitrogens is 1. The van der Waals surface area contributed by atoms with Crippen molar-refractivity contribution >= 4 is 6.72 Å². The van der Waals surface area contributed by atoms with Gasteiger partial charge >= 0.3 is 0 Å². The third kappa shape index (κ3) is 4.18. The van der Waals surface area contributed by atoms with E-state index in [0.29, 0.717) is 0 Å². The number of hydrogen-bond acceptors (Lipinski definition) is 4. The van der Waals surface area contributed by atoms with Crippen molar-refractivity contribution in [2.75, 3.05) is 14.2 Å². The molecule has 1 aromatic carbocycles. The van der Waals surface area contributed by atoms with E-state index < -0.39 is 0 Å². The van der Waals surface area contributed by atoms with Crippen molar-refractivity contribution in [3.63, 3.8) is 0 Å².